The number of ether oxygens (including phenoxy) is 2. The normalized spacial score (nSPS) is 10.7. The molecule has 3 rings (SSSR count). The summed E-state index contributed by atoms with van der Waals surface area (Å²) in [5.74, 6) is 1.08. The van der Waals surface area contributed by atoms with Gasteiger partial charge in [-0.2, -0.15) is 4.98 Å². The van der Waals surface area contributed by atoms with Gasteiger partial charge in [0, 0.05) is 23.6 Å². The largest absolute Gasteiger partial charge is 0.493 e. The number of nitrogens with zero attached hydrogens (tertiary/aromatic N) is 2. The van der Waals surface area contributed by atoms with Gasteiger partial charge in [0.15, 0.2) is 17.1 Å². The van der Waals surface area contributed by atoms with Crippen LogP contribution in [-0.4, -0.2) is 30.0 Å². The summed E-state index contributed by atoms with van der Waals surface area (Å²) in [7, 11) is 3.02. The van der Waals surface area contributed by atoms with Gasteiger partial charge >= 0.3 is 0 Å². The molecule has 2 heterocycles. The van der Waals surface area contributed by atoms with Crippen molar-refractivity contribution in [2.24, 2.45) is 0 Å². The van der Waals surface area contributed by atoms with Crippen LogP contribution in [0.4, 0.5) is 11.8 Å². The van der Waals surface area contributed by atoms with Crippen LogP contribution in [-0.2, 0) is 6.42 Å². The topological polar surface area (TPSA) is 126 Å². The molecule has 0 aliphatic heterocycles. The summed E-state index contributed by atoms with van der Waals surface area (Å²) in [6.07, 6.45) is 3.15. The molecule has 0 aliphatic carbocycles. The Balaban J connectivity index is 2.21. The van der Waals surface area contributed by atoms with Gasteiger partial charge in [0.1, 0.15) is 5.82 Å². The van der Waals surface area contributed by atoms with E-state index in [1.807, 2.05) is 0 Å². The van der Waals surface area contributed by atoms with Crippen molar-refractivity contribution in [2.75, 3.05) is 25.7 Å². The molecule has 3 aromatic rings. The minimum absolute atomic E-state index is 0.103. The minimum atomic E-state index is -0.330. The molecule has 0 aliphatic rings. The fraction of sp³-hybridized carbons (Fsp3) is 0.167. The average molecular weight is 354 g/mol. The molecule has 0 saturated carbocycles. The lowest BCUT2D eigenvalue weighted by atomic mass is 10.0. The monoisotopic (exact) mass is 354 g/mol. The molecule has 8 heteroatoms. The number of benzene rings is 1. The van der Waals surface area contributed by atoms with Crippen LogP contribution in [0.1, 0.15) is 21.7 Å². The number of furan rings is 1. The van der Waals surface area contributed by atoms with Crippen LogP contribution in [0.5, 0.6) is 11.5 Å². The van der Waals surface area contributed by atoms with E-state index in [1.54, 1.807) is 18.3 Å². The van der Waals surface area contributed by atoms with E-state index in [9.17, 15) is 4.79 Å². The second-order valence-electron chi connectivity index (χ2n) is 5.51. The lowest BCUT2D eigenvalue weighted by molar-refractivity contribution is 0.102. The number of carbonyl (C=O) groups excluding carboxylic acids is 1. The standard InChI is InChI=1S/C18H18N4O4/c1-4-12(23)13-7-11-9(5-10-8-21-18(20)22-17(10)19)6-14(24-2)16(25-3)15(11)26-13/h4,6-8H,1,5H2,2-3H3,(H4,19,20,21,22). The van der Waals surface area contributed by atoms with Crippen LogP contribution in [0.25, 0.3) is 11.0 Å². The zero-order valence-corrected chi connectivity index (χ0v) is 14.4. The molecule has 26 heavy (non-hydrogen) atoms. The molecule has 0 saturated heterocycles. The third-order valence-corrected chi connectivity index (χ3v) is 3.96. The third-order valence-electron chi connectivity index (χ3n) is 3.96. The Labute approximate surface area is 149 Å². The molecule has 0 fully saturated rings. The highest BCUT2D eigenvalue weighted by atomic mass is 16.5. The highest BCUT2D eigenvalue weighted by molar-refractivity contribution is 6.05. The van der Waals surface area contributed by atoms with Gasteiger partial charge in [-0.15, -0.1) is 0 Å². The Bertz CT molecular complexity index is 1010. The molecule has 0 radical (unpaired) electrons. The van der Waals surface area contributed by atoms with Gasteiger partial charge in [-0.25, -0.2) is 4.98 Å². The van der Waals surface area contributed by atoms with Gasteiger partial charge in [0.2, 0.25) is 17.5 Å². The number of methoxy groups -OCH3 is 2. The molecule has 1 aromatic carbocycles. The fourth-order valence-electron chi connectivity index (χ4n) is 2.70. The molecule has 4 N–H and O–H groups in total. The molecular weight excluding hydrogens is 336 g/mol. The highest BCUT2D eigenvalue weighted by Gasteiger charge is 2.21. The molecular formula is C18H18N4O4. The lowest BCUT2D eigenvalue weighted by Gasteiger charge is -2.12. The number of fused-ring (bicyclic) bond motifs is 1. The second kappa shape index (κ2) is 6.75. The zero-order chi connectivity index (χ0) is 18.8. The maximum Gasteiger partial charge on any atom is 0.221 e. The second-order valence-corrected chi connectivity index (χ2v) is 5.51. The van der Waals surface area contributed by atoms with E-state index in [0.29, 0.717) is 34.5 Å². The summed E-state index contributed by atoms with van der Waals surface area (Å²) in [6, 6.07) is 3.44. The number of ketones is 1. The summed E-state index contributed by atoms with van der Waals surface area (Å²) in [5.41, 5.74) is 13.4. The summed E-state index contributed by atoms with van der Waals surface area (Å²) < 4.78 is 16.5. The van der Waals surface area contributed by atoms with E-state index in [2.05, 4.69) is 16.5 Å². The predicted molar refractivity (Wildman–Crippen MR) is 97.5 cm³/mol. The van der Waals surface area contributed by atoms with Crippen LogP contribution >= 0.6 is 0 Å². The average Bonchev–Trinajstić information content (AvgIpc) is 3.08. The third kappa shape index (κ3) is 2.92. The molecule has 134 valence electrons. The van der Waals surface area contributed by atoms with Crippen molar-refractivity contribution >= 4 is 28.5 Å². The van der Waals surface area contributed by atoms with Gasteiger partial charge in [0.05, 0.1) is 14.2 Å². The van der Waals surface area contributed by atoms with Crippen LogP contribution in [0.3, 0.4) is 0 Å². The van der Waals surface area contributed by atoms with Crippen molar-refractivity contribution in [3.63, 3.8) is 0 Å². The van der Waals surface area contributed by atoms with Crippen molar-refractivity contribution in [3.8, 4) is 11.5 Å². The molecule has 0 bridgehead atoms. The summed E-state index contributed by atoms with van der Waals surface area (Å²) in [4.78, 5) is 19.9. The van der Waals surface area contributed by atoms with Crippen LogP contribution in [0.2, 0.25) is 0 Å². The van der Waals surface area contributed by atoms with Crippen molar-refractivity contribution < 1.29 is 18.7 Å². The number of nitrogens with two attached hydrogens (primary N) is 2. The van der Waals surface area contributed by atoms with Gasteiger partial charge in [-0.1, -0.05) is 6.58 Å². The molecule has 0 amide bonds. The lowest BCUT2D eigenvalue weighted by Crippen LogP contribution is -2.04. The first-order chi connectivity index (χ1) is 12.5. The van der Waals surface area contributed by atoms with Crippen molar-refractivity contribution in [2.45, 2.75) is 6.42 Å². The number of carbonyl (C=O) groups is 1. The molecule has 0 spiro atoms. The molecule has 8 nitrogen and oxygen atoms in total. The van der Waals surface area contributed by atoms with E-state index < -0.39 is 0 Å². The highest BCUT2D eigenvalue weighted by Crippen LogP contribution is 2.40. The summed E-state index contributed by atoms with van der Waals surface area (Å²) in [6.45, 7) is 3.48. The van der Waals surface area contributed by atoms with Crippen molar-refractivity contribution in [1.82, 2.24) is 9.97 Å². The maximum absolute atomic E-state index is 12.0. The zero-order valence-electron chi connectivity index (χ0n) is 14.4. The molecule has 0 atom stereocenters. The van der Waals surface area contributed by atoms with E-state index >= 15 is 0 Å². The van der Waals surface area contributed by atoms with Gasteiger partial charge < -0.3 is 25.4 Å². The summed E-state index contributed by atoms with van der Waals surface area (Å²) >= 11 is 0. The Kier molecular flexibility index (Phi) is 4.49. The van der Waals surface area contributed by atoms with E-state index in [4.69, 9.17) is 25.4 Å². The number of nitrogen functional groups attached to an aromatic ring is 2. The minimum Gasteiger partial charge on any atom is -0.493 e. The van der Waals surface area contributed by atoms with Gasteiger partial charge in [-0.3, -0.25) is 4.79 Å². The van der Waals surface area contributed by atoms with Crippen LogP contribution < -0.4 is 20.9 Å². The van der Waals surface area contributed by atoms with Crippen molar-refractivity contribution in [3.05, 3.63) is 47.9 Å². The maximum atomic E-state index is 12.0. The van der Waals surface area contributed by atoms with Gasteiger partial charge in [0.25, 0.3) is 0 Å². The first-order valence-electron chi connectivity index (χ1n) is 7.69. The van der Waals surface area contributed by atoms with Gasteiger partial charge in [-0.05, 0) is 23.8 Å². The van der Waals surface area contributed by atoms with E-state index in [0.717, 1.165) is 5.56 Å². The number of rotatable bonds is 6. The molecule has 0 unspecified atom stereocenters. The smallest absolute Gasteiger partial charge is 0.221 e. The summed E-state index contributed by atoms with van der Waals surface area (Å²) in [5, 5.41) is 0.698. The Morgan fingerprint density at radius 1 is 1.27 bits per heavy atom. The molecule has 2 aromatic heterocycles. The van der Waals surface area contributed by atoms with Crippen LogP contribution in [0, 0.1) is 0 Å². The number of hydrogen-bond donors (Lipinski definition) is 2. The number of allylic oxidation sites excluding steroid dienone is 1. The fourth-order valence-corrected chi connectivity index (χ4v) is 2.70. The Hall–Kier alpha value is -3.55. The predicted octanol–water partition coefficient (Wildman–Crippen LogP) is 2.36. The first-order valence-corrected chi connectivity index (χ1v) is 7.69. The Morgan fingerprint density at radius 3 is 2.65 bits per heavy atom. The van der Waals surface area contributed by atoms with Crippen LogP contribution in [0.15, 0.2) is 35.4 Å². The number of hydrogen-bond acceptors (Lipinski definition) is 8. The van der Waals surface area contributed by atoms with E-state index in [1.165, 1.54) is 20.3 Å². The van der Waals surface area contributed by atoms with Crippen molar-refractivity contribution in [1.29, 1.82) is 0 Å². The quantitative estimate of drug-likeness (QED) is 0.510. The van der Waals surface area contributed by atoms with E-state index in [-0.39, 0.29) is 23.3 Å². The SMILES string of the molecule is C=CC(=O)c1cc2c(Cc3cnc(N)nc3N)cc(OC)c(OC)c2o1. The number of anilines is 2. The Morgan fingerprint density at radius 2 is 2.04 bits per heavy atom. The number of aromatic nitrogens is 2. The first kappa shape index (κ1) is 17.3.